The molecule has 4 heteroatoms. The van der Waals surface area contributed by atoms with E-state index in [-0.39, 0.29) is 11.4 Å². The largest absolute Gasteiger partial charge is 0.337 e. The lowest BCUT2D eigenvalue weighted by atomic mass is 9.85. The lowest BCUT2D eigenvalue weighted by Gasteiger charge is -2.25. The number of carbonyl (C=O) groups excluding carboxylic acids is 1. The highest BCUT2D eigenvalue weighted by Crippen LogP contribution is 2.21. The summed E-state index contributed by atoms with van der Waals surface area (Å²) < 4.78 is 0. The number of hydrogen-bond acceptors (Lipinski definition) is 2. The highest BCUT2D eigenvalue weighted by atomic mass is 16.2. The molecule has 0 atom stereocenters. The predicted molar refractivity (Wildman–Crippen MR) is 87.6 cm³/mol. The van der Waals surface area contributed by atoms with Gasteiger partial charge < -0.3 is 10.6 Å². The van der Waals surface area contributed by atoms with Gasteiger partial charge in [-0.05, 0) is 29.8 Å². The smallest absolute Gasteiger partial charge is 0.319 e. The van der Waals surface area contributed by atoms with Gasteiger partial charge in [0.2, 0.25) is 0 Å². The summed E-state index contributed by atoms with van der Waals surface area (Å²) in [5.41, 5.74) is 2.25. The zero-order chi connectivity index (χ0) is 16.0. The topological polar surface area (TPSA) is 64.9 Å². The molecule has 0 heterocycles. The summed E-state index contributed by atoms with van der Waals surface area (Å²) in [4.78, 5) is 12.0. The second kappa shape index (κ2) is 6.77. The van der Waals surface area contributed by atoms with Crippen LogP contribution in [0, 0.1) is 11.3 Å². The van der Waals surface area contributed by atoms with Crippen molar-refractivity contribution >= 4 is 11.7 Å². The Morgan fingerprint density at radius 2 is 1.73 bits per heavy atom. The third kappa shape index (κ3) is 4.10. The normalized spacial score (nSPS) is 10.6. The fourth-order valence-electron chi connectivity index (χ4n) is 2.10. The van der Waals surface area contributed by atoms with E-state index in [1.54, 1.807) is 24.3 Å². The standard InChI is InChI=1S/C18H19N3O/c1-18(2,15-6-4-3-5-7-15)13-20-17(22)21-16-10-8-14(12-19)9-11-16/h3-11H,13H2,1-2H3,(H2,20,21,22). The molecular formula is C18H19N3O. The molecule has 0 bridgehead atoms. The van der Waals surface area contributed by atoms with Crippen molar-refractivity contribution in [1.29, 1.82) is 5.26 Å². The first-order chi connectivity index (χ1) is 10.5. The van der Waals surface area contributed by atoms with Crippen LogP contribution in [0.5, 0.6) is 0 Å². The average molecular weight is 293 g/mol. The zero-order valence-electron chi connectivity index (χ0n) is 12.8. The van der Waals surface area contributed by atoms with E-state index in [0.29, 0.717) is 17.8 Å². The van der Waals surface area contributed by atoms with E-state index in [1.807, 2.05) is 24.3 Å². The third-order valence-electron chi connectivity index (χ3n) is 3.52. The Kier molecular flexibility index (Phi) is 4.80. The Bertz CT molecular complexity index is 670. The van der Waals surface area contributed by atoms with Gasteiger partial charge >= 0.3 is 6.03 Å². The highest BCUT2D eigenvalue weighted by molar-refractivity contribution is 5.89. The van der Waals surface area contributed by atoms with E-state index in [2.05, 4.69) is 36.6 Å². The molecule has 2 amide bonds. The van der Waals surface area contributed by atoms with E-state index in [1.165, 1.54) is 5.56 Å². The van der Waals surface area contributed by atoms with Gasteiger partial charge in [0, 0.05) is 17.6 Å². The number of amides is 2. The average Bonchev–Trinajstić information content (AvgIpc) is 2.55. The molecule has 0 fully saturated rings. The van der Waals surface area contributed by atoms with Crippen LogP contribution in [0.4, 0.5) is 10.5 Å². The van der Waals surface area contributed by atoms with Crippen LogP contribution in [0.1, 0.15) is 25.0 Å². The number of urea groups is 1. The van der Waals surface area contributed by atoms with Crippen molar-refractivity contribution in [2.75, 3.05) is 11.9 Å². The number of rotatable bonds is 4. The first-order valence-electron chi connectivity index (χ1n) is 7.12. The number of carbonyl (C=O) groups is 1. The molecule has 2 rings (SSSR count). The Balaban J connectivity index is 1.91. The van der Waals surface area contributed by atoms with Crippen LogP contribution in [0.25, 0.3) is 0 Å². The summed E-state index contributed by atoms with van der Waals surface area (Å²) in [6, 6.07) is 18.6. The molecule has 0 spiro atoms. The van der Waals surface area contributed by atoms with Gasteiger partial charge in [-0.2, -0.15) is 5.26 Å². The minimum atomic E-state index is -0.256. The van der Waals surface area contributed by atoms with Crippen molar-refractivity contribution in [2.24, 2.45) is 0 Å². The predicted octanol–water partition coefficient (Wildman–Crippen LogP) is 3.66. The van der Waals surface area contributed by atoms with Crippen LogP contribution < -0.4 is 10.6 Å². The third-order valence-corrected chi connectivity index (χ3v) is 3.52. The molecule has 0 aliphatic carbocycles. The van der Waals surface area contributed by atoms with Gasteiger partial charge in [-0.25, -0.2) is 4.79 Å². The molecule has 4 nitrogen and oxygen atoms in total. The molecule has 0 saturated heterocycles. The second-order valence-corrected chi connectivity index (χ2v) is 5.75. The number of nitriles is 1. The lowest BCUT2D eigenvalue weighted by molar-refractivity contribution is 0.249. The molecule has 2 aromatic carbocycles. The van der Waals surface area contributed by atoms with Gasteiger partial charge in [-0.15, -0.1) is 0 Å². The van der Waals surface area contributed by atoms with Gasteiger partial charge in [-0.1, -0.05) is 44.2 Å². The van der Waals surface area contributed by atoms with Crippen LogP contribution in [-0.4, -0.2) is 12.6 Å². The van der Waals surface area contributed by atoms with Crippen LogP contribution in [-0.2, 0) is 5.41 Å². The molecule has 0 saturated carbocycles. The van der Waals surface area contributed by atoms with Crippen LogP contribution >= 0.6 is 0 Å². The molecule has 2 N–H and O–H groups in total. The van der Waals surface area contributed by atoms with Crippen molar-refractivity contribution < 1.29 is 4.79 Å². The second-order valence-electron chi connectivity index (χ2n) is 5.75. The van der Waals surface area contributed by atoms with Crippen LogP contribution in [0.15, 0.2) is 54.6 Å². The van der Waals surface area contributed by atoms with Crippen molar-refractivity contribution in [1.82, 2.24) is 5.32 Å². The lowest BCUT2D eigenvalue weighted by Crippen LogP contribution is -2.38. The van der Waals surface area contributed by atoms with Gasteiger partial charge in [0.25, 0.3) is 0 Å². The van der Waals surface area contributed by atoms with Crippen molar-refractivity contribution in [3.8, 4) is 6.07 Å². The van der Waals surface area contributed by atoms with Crippen molar-refractivity contribution in [3.05, 3.63) is 65.7 Å². The van der Waals surface area contributed by atoms with E-state index in [9.17, 15) is 4.79 Å². The Morgan fingerprint density at radius 3 is 2.32 bits per heavy atom. The number of nitrogens with zero attached hydrogens (tertiary/aromatic N) is 1. The molecular weight excluding hydrogens is 274 g/mol. The fraction of sp³-hybridized carbons (Fsp3) is 0.222. The quantitative estimate of drug-likeness (QED) is 0.903. The van der Waals surface area contributed by atoms with Gasteiger partial charge in [0.1, 0.15) is 0 Å². The highest BCUT2D eigenvalue weighted by Gasteiger charge is 2.20. The summed E-state index contributed by atoms with van der Waals surface area (Å²) in [5.74, 6) is 0. The number of hydrogen-bond donors (Lipinski definition) is 2. The Hall–Kier alpha value is -2.80. The molecule has 0 unspecified atom stereocenters. The molecule has 0 aliphatic heterocycles. The minimum absolute atomic E-state index is 0.150. The summed E-state index contributed by atoms with van der Waals surface area (Å²) in [5, 5.41) is 14.4. The summed E-state index contributed by atoms with van der Waals surface area (Å²) >= 11 is 0. The fourth-order valence-corrected chi connectivity index (χ4v) is 2.10. The molecule has 0 aromatic heterocycles. The molecule has 0 radical (unpaired) electrons. The van der Waals surface area contributed by atoms with Crippen molar-refractivity contribution in [2.45, 2.75) is 19.3 Å². The van der Waals surface area contributed by atoms with E-state index >= 15 is 0 Å². The molecule has 0 aliphatic rings. The van der Waals surface area contributed by atoms with Gasteiger partial charge in [0.05, 0.1) is 11.6 Å². The van der Waals surface area contributed by atoms with E-state index < -0.39 is 0 Å². The number of benzene rings is 2. The SMILES string of the molecule is CC(C)(CNC(=O)Nc1ccc(C#N)cc1)c1ccccc1. The first-order valence-corrected chi connectivity index (χ1v) is 7.12. The maximum Gasteiger partial charge on any atom is 0.319 e. The minimum Gasteiger partial charge on any atom is -0.337 e. The maximum atomic E-state index is 12.0. The Morgan fingerprint density at radius 1 is 1.09 bits per heavy atom. The number of nitrogens with one attached hydrogen (secondary N) is 2. The van der Waals surface area contributed by atoms with Crippen LogP contribution in [0.3, 0.4) is 0 Å². The summed E-state index contributed by atoms with van der Waals surface area (Å²) in [6.45, 7) is 4.70. The van der Waals surface area contributed by atoms with E-state index in [4.69, 9.17) is 5.26 Å². The Labute approximate surface area is 130 Å². The van der Waals surface area contributed by atoms with Crippen LogP contribution in [0.2, 0.25) is 0 Å². The zero-order valence-corrected chi connectivity index (χ0v) is 12.8. The molecule has 2 aromatic rings. The van der Waals surface area contributed by atoms with Gasteiger partial charge in [0.15, 0.2) is 0 Å². The van der Waals surface area contributed by atoms with Crippen molar-refractivity contribution in [3.63, 3.8) is 0 Å². The maximum absolute atomic E-state index is 12.0. The summed E-state index contributed by atoms with van der Waals surface area (Å²) in [6.07, 6.45) is 0. The van der Waals surface area contributed by atoms with Gasteiger partial charge in [-0.3, -0.25) is 0 Å². The van der Waals surface area contributed by atoms with E-state index in [0.717, 1.165) is 0 Å². The molecule has 22 heavy (non-hydrogen) atoms. The first kappa shape index (κ1) is 15.6. The summed E-state index contributed by atoms with van der Waals surface area (Å²) in [7, 11) is 0. The number of anilines is 1. The molecule has 112 valence electrons. The monoisotopic (exact) mass is 293 g/mol.